The van der Waals surface area contributed by atoms with E-state index < -0.39 is 5.97 Å². The molecule has 1 N–H and O–H groups in total. The molecule has 2 unspecified atom stereocenters. The first-order valence-electron chi connectivity index (χ1n) is 19.3. The summed E-state index contributed by atoms with van der Waals surface area (Å²) in [7, 11) is 4.08. The third-order valence-electron chi connectivity index (χ3n) is 11.9. The molecule has 56 heavy (non-hydrogen) atoms. The number of fused-ring (bicyclic) bond motifs is 4. The van der Waals surface area contributed by atoms with Crippen LogP contribution >= 0.6 is 23.2 Å². The number of aromatic nitrogens is 4. The Hall–Kier alpha value is -4.77. The lowest BCUT2D eigenvalue weighted by molar-refractivity contribution is 0.0696. The minimum atomic E-state index is -1.000. The largest absolute Gasteiger partial charge is 0.494 e. The molecular formula is C44H48Cl2N6O4. The van der Waals surface area contributed by atoms with Gasteiger partial charge >= 0.3 is 5.97 Å². The molecular weight excluding hydrogens is 747 g/mol. The number of ether oxygens (including phenoxy) is 1. The Morgan fingerprint density at radius 3 is 2.39 bits per heavy atom. The predicted molar refractivity (Wildman–Crippen MR) is 224 cm³/mol. The van der Waals surface area contributed by atoms with Gasteiger partial charge in [0.05, 0.1) is 39.6 Å². The number of carboxylic acids is 1. The number of rotatable bonds is 10. The van der Waals surface area contributed by atoms with Crippen LogP contribution in [0.2, 0.25) is 10.0 Å². The van der Waals surface area contributed by atoms with E-state index in [1.54, 1.807) is 12.1 Å². The third-order valence-corrected chi connectivity index (χ3v) is 12.8. The first-order chi connectivity index (χ1) is 26.7. The number of aromatic carboxylic acids is 1. The topological polar surface area (TPSA) is 97.8 Å². The summed E-state index contributed by atoms with van der Waals surface area (Å²) in [4.78, 5) is 31.8. The van der Waals surface area contributed by atoms with Gasteiger partial charge < -0.3 is 28.8 Å². The van der Waals surface area contributed by atoms with E-state index in [0.717, 1.165) is 104 Å². The molecule has 0 saturated carbocycles. The summed E-state index contributed by atoms with van der Waals surface area (Å²) >= 11 is 13.6. The van der Waals surface area contributed by atoms with Gasteiger partial charge in [-0.3, -0.25) is 9.48 Å². The number of aryl methyl sites for hydroxylation is 5. The van der Waals surface area contributed by atoms with Gasteiger partial charge in [0.15, 0.2) is 0 Å². The van der Waals surface area contributed by atoms with Gasteiger partial charge in [0.2, 0.25) is 0 Å². The highest BCUT2D eigenvalue weighted by molar-refractivity contribution is 6.35. The smallest absolute Gasteiger partial charge is 0.335 e. The highest BCUT2D eigenvalue weighted by atomic mass is 35.5. The summed E-state index contributed by atoms with van der Waals surface area (Å²) in [5.41, 5.74) is 9.95. The number of nitrogens with zero attached hydrogens (tertiary/aromatic N) is 6. The van der Waals surface area contributed by atoms with Crippen LogP contribution in [0.1, 0.15) is 74.7 Å². The molecule has 10 nitrogen and oxygen atoms in total. The van der Waals surface area contributed by atoms with Crippen molar-refractivity contribution in [2.75, 3.05) is 38.2 Å². The van der Waals surface area contributed by atoms with Crippen LogP contribution in [0, 0.1) is 33.6 Å². The second kappa shape index (κ2) is 14.6. The summed E-state index contributed by atoms with van der Waals surface area (Å²) in [5, 5.41) is 17.8. The van der Waals surface area contributed by atoms with Crippen LogP contribution in [0.3, 0.4) is 0 Å². The molecule has 1 fully saturated rings. The lowest BCUT2D eigenvalue weighted by Crippen LogP contribution is -2.42. The number of benzene rings is 3. The first kappa shape index (κ1) is 38.1. The molecule has 1 saturated heterocycles. The van der Waals surface area contributed by atoms with Gasteiger partial charge in [-0.1, -0.05) is 29.3 Å². The molecule has 5 heterocycles. The number of anilines is 1. The summed E-state index contributed by atoms with van der Waals surface area (Å²) in [5.74, 6) is 0.0989. The van der Waals surface area contributed by atoms with Crippen molar-refractivity contribution in [3.63, 3.8) is 0 Å². The highest BCUT2D eigenvalue weighted by Crippen LogP contribution is 2.46. The minimum Gasteiger partial charge on any atom is -0.494 e. The van der Waals surface area contributed by atoms with Crippen LogP contribution in [0.4, 0.5) is 5.69 Å². The van der Waals surface area contributed by atoms with E-state index in [4.69, 9.17) is 33.0 Å². The number of carbonyl (C=O) groups excluding carboxylic acids is 1. The first-order valence-corrected chi connectivity index (χ1v) is 20.1. The van der Waals surface area contributed by atoms with Crippen LogP contribution in [-0.2, 0) is 20.0 Å². The molecule has 0 bridgehead atoms. The van der Waals surface area contributed by atoms with Crippen molar-refractivity contribution in [3.8, 4) is 16.9 Å². The molecule has 2 atom stereocenters. The van der Waals surface area contributed by atoms with E-state index >= 15 is 4.79 Å². The molecule has 1 amide bonds. The molecule has 3 aromatic heterocycles. The maximum atomic E-state index is 15.3. The van der Waals surface area contributed by atoms with Crippen LogP contribution in [-0.4, -0.2) is 74.1 Å². The number of carbonyl (C=O) groups is 2. The van der Waals surface area contributed by atoms with Gasteiger partial charge in [0, 0.05) is 71.5 Å². The third kappa shape index (κ3) is 6.45. The molecule has 6 aromatic rings. The number of likely N-dealkylation sites (tertiary alicyclic amines) is 1. The molecule has 292 valence electrons. The van der Waals surface area contributed by atoms with Crippen LogP contribution < -0.4 is 9.64 Å². The number of carboxylic acid groups (broad SMARTS) is 1. The summed E-state index contributed by atoms with van der Waals surface area (Å²) in [6.07, 6.45) is 4.40. The fourth-order valence-electron chi connectivity index (χ4n) is 9.17. The quantitative estimate of drug-likeness (QED) is 0.139. The average Bonchev–Trinajstić information content (AvgIpc) is 3.89. The Balaban J connectivity index is 1.26. The lowest BCUT2D eigenvalue weighted by atomic mass is 9.98. The molecule has 3 aromatic carbocycles. The second-order valence-electron chi connectivity index (χ2n) is 15.9. The summed E-state index contributed by atoms with van der Waals surface area (Å²) in [6, 6.07) is 13.0. The molecule has 8 rings (SSSR count). The molecule has 12 heteroatoms. The maximum Gasteiger partial charge on any atom is 0.335 e. The molecule has 0 radical (unpaired) electrons. The van der Waals surface area contributed by atoms with E-state index in [-0.39, 0.29) is 17.5 Å². The van der Waals surface area contributed by atoms with Gasteiger partial charge in [-0.05, 0) is 126 Å². The average molecular weight is 796 g/mol. The van der Waals surface area contributed by atoms with Crippen molar-refractivity contribution in [1.82, 2.24) is 23.8 Å². The Morgan fingerprint density at radius 2 is 1.73 bits per heavy atom. The van der Waals surface area contributed by atoms with Gasteiger partial charge in [-0.25, -0.2) is 4.79 Å². The zero-order chi connectivity index (χ0) is 39.7. The number of halogens is 2. The monoisotopic (exact) mass is 794 g/mol. The predicted octanol–water partition coefficient (Wildman–Crippen LogP) is 9.42. The maximum absolute atomic E-state index is 15.3. The molecule has 2 aliphatic heterocycles. The van der Waals surface area contributed by atoms with Crippen LogP contribution in [0.25, 0.3) is 32.9 Å². The summed E-state index contributed by atoms with van der Waals surface area (Å²) in [6.45, 7) is 13.8. The minimum absolute atomic E-state index is 0.124. The standard InChI is InChI=1S/C44H48Cl2N6O4/c1-24-17-31(18-25(2)40(24)46)56-16-8-9-32-33-11-12-35(45)39(38-27(4)47-49(7)28(38)5)41(33)52-26(3)20-51(43(53)42(32)52)37-23-50(22-29-14-15-48(6)21-29)36-13-10-30(44(54)55)19-34(36)37/h10-13,17-19,23,26,29H,8-9,14-16,20-22H2,1-7H3,(H,54,55). The van der Waals surface area contributed by atoms with E-state index in [9.17, 15) is 9.90 Å². The van der Waals surface area contributed by atoms with E-state index in [0.29, 0.717) is 42.6 Å². The number of hydrogen-bond acceptors (Lipinski definition) is 5. The number of amides is 1. The number of hydrogen-bond donors (Lipinski definition) is 1. The Labute approximate surface area is 337 Å². The normalized spacial score (nSPS) is 17.4. The van der Waals surface area contributed by atoms with Crippen molar-refractivity contribution in [2.45, 2.75) is 66.5 Å². The van der Waals surface area contributed by atoms with Crippen molar-refractivity contribution in [2.24, 2.45) is 13.0 Å². The van der Waals surface area contributed by atoms with Crippen molar-refractivity contribution >= 4 is 62.6 Å². The van der Waals surface area contributed by atoms with Crippen molar-refractivity contribution < 1.29 is 19.4 Å². The lowest BCUT2D eigenvalue weighted by Gasteiger charge is -2.34. The highest BCUT2D eigenvalue weighted by Gasteiger charge is 2.38. The SMILES string of the molecule is Cc1cc(OCCCc2c3n(c4c(-c5c(C)nn(C)c5C)c(Cl)ccc24)C(C)CN(c2cn(CC4CCN(C)C4)c4ccc(C(=O)O)cc24)C3=O)cc(C)c1Cl. The Kier molecular flexibility index (Phi) is 9.96. The molecule has 2 aliphatic rings. The van der Waals surface area contributed by atoms with Gasteiger partial charge in [-0.15, -0.1) is 0 Å². The zero-order valence-corrected chi connectivity index (χ0v) is 34.6. The fraction of sp³-hybridized carbons (Fsp3) is 0.386. The fourth-order valence-corrected chi connectivity index (χ4v) is 9.52. The van der Waals surface area contributed by atoms with E-state index in [1.807, 2.05) is 74.7 Å². The summed E-state index contributed by atoms with van der Waals surface area (Å²) < 4.78 is 12.5. The zero-order valence-electron chi connectivity index (χ0n) is 33.0. The van der Waals surface area contributed by atoms with Gasteiger partial charge in [-0.2, -0.15) is 5.10 Å². The Bertz CT molecular complexity index is 2540. The van der Waals surface area contributed by atoms with Crippen LogP contribution in [0.15, 0.2) is 48.7 Å². The Morgan fingerprint density at radius 1 is 0.982 bits per heavy atom. The van der Waals surface area contributed by atoms with Crippen LogP contribution in [0.5, 0.6) is 5.75 Å². The van der Waals surface area contributed by atoms with Gasteiger partial charge in [0.25, 0.3) is 5.91 Å². The second-order valence-corrected chi connectivity index (χ2v) is 16.7. The molecule has 0 spiro atoms. The van der Waals surface area contributed by atoms with Gasteiger partial charge in [0.1, 0.15) is 11.4 Å². The van der Waals surface area contributed by atoms with Crippen molar-refractivity contribution in [3.05, 3.63) is 98.0 Å². The van der Waals surface area contributed by atoms with E-state index in [2.05, 4.69) is 34.2 Å². The van der Waals surface area contributed by atoms with Crippen molar-refractivity contribution in [1.29, 1.82) is 0 Å². The van der Waals surface area contributed by atoms with E-state index in [1.165, 1.54) is 0 Å². The molecule has 0 aliphatic carbocycles.